The van der Waals surface area contributed by atoms with Crippen molar-refractivity contribution >= 4 is 23.4 Å². The van der Waals surface area contributed by atoms with E-state index in [1.54, 1.807) is 0 Å². The van der Waals surface area contributed by atoms with Crippen molar-refractivity contribution in [3.63, 3.8) is 0 Å². The fraction of sp³-hybridized carbons (Fsp3) is 0.562. The summed E-state index contributed by atoms with van der Waals surface area (Å²) in [6.07, 6.45) is 3.30. The minimum absolute atomic E-state index is 0.395. The van der Waals surface area contributed by atoms with E-state index in [4.69, 9.17) is 11.6 Å². The molecule has 108 valence electrons. The van der Waals surface area contributed by atoms with Crippen molar-refractivity contribution in [2.45, 2.75) is 55.7 Å². The Kier molecular flexibility index (Phi) is 5.37. The summed E-state index contributed by atoms with van der Waals surface area (Å²) in [5.41, 5.74) is 0.883. The number of hydrogen-bond acceptors (Lipinski definition) is 3. The molecule has 0 amide bonds. The SMILES string of the molecule is CC(CC(C)(C#N)NC1CC1)SCc1ccc(Cl)cc1. The van der Waals surface area contributed by atoms with Crippen molar-refractivity contribution in [2.24, 2.45) is 0 Å². The fourth-order valence-electron chi connectivity index (χ4n) is 2.27. The monoisotopic (exact) mass is 308 g/mol. The number of benzene rings is 1. The third-order valence-electron chi connectivity index (χ3n) is 3.49. The highest BCUT2D eigenvalue weighted by Crippen LogP contribution is 2.29. The van der Waals surface area contributed by atoms with Gasteiger partial charge in [0.05, 0.1) is 6.07 Å². The molecule has 1 saturated carbocycles. The number of halogens is 1. The molecule has 0 aliphatic heterocycles. The average Bonchev–Trinajstić information content (AvgIpc) is 3.22. The molecule has 20 heavy (non-hydrogen) atoms. The number of nitriles is 1. The van der Waals surface area contributed by atoms with Crippen molar-refractivity contribution in [1.29, 1.82) is 5.26 Å². The quantitative estimate of drug-likeness (QED) is 0.811. The minimum atomic E-state index is -0.395. The zero-order valence-electron chi connectivity index (χ0n) is 12.0. The van der Waals surface area contributed by atoms with Crippen molar-refractivity contribution in [3.8, 4) is 6.07 Å². The molecule has 1 aliphatic rings. The Bertz CT molecular complexity index is 478. The van der Waals surface area contributed by atoms with Crippen LogP contribution < -0.4 is 5.32 Å². The van der Waals surface area contributed by atoms with Crippen LogP contribution in [0.2, 0.25) is 5.02 Å². The lowest BCUT2D eigenvalue weighted by molar-refractivity contribution is 0.414. The number of rotatable bonds is 7. The van der Waals surface area contributed by atoms with Gasteiger partial charge in [-0.15, -0.1) is 0 Å². The van der Waals surface area contributed by atoms with Crippen molar-refractivity contribution in [3.05, 3.63) is 34.9 Å². The first-order chi connectivity index (χ1) is 9.50. The van der Waals surface area contributed by atoms with E-state index in [-0.39, 0.29) is 0 Å². The molecule has 4 heteroatoms. The van der Waals surface area contributed by atoms with Crippen molar-refractivity contribution in [2.75, 3.05) is 0 Å². The van der Waals surface area contributed by atoms with Crippen LogP contribution >= 0.6 is 23.4 Å². The standard InChI is InChI=1S/C16H21ClN2S/c1-12(9-16(2,11-18)19-15-7-8-15)20-10-13-3-5-14(17)6-4-13/h3-6,12,15,19H,7-10H2,1-2H3. The maximum absolute atomic E-state index is 9.39. The van der Waals surface area contributed by atoms with Crippen molar-refractivity contribution in [1.82, 2.24) is 5.32 Å². The molecular formula is C16H21ClN2S. The van der Waals surface area contributed by atoms with E-state index in [0.717, 1.165) is 17.2 Å². The maximum atomic E-state index is 9.39. The normalized spacial score (nSPS) is 19.1. The zero-order valence-corrected chi connectivity index (χ0v) is 13.6. The van der Waals surface area contributed by atoms with Crippen LogP contribution in [0.1, 0.15) is 38.7 Å². The molecule has 0 spiro atoms. The third kappa shape index (κ3) is 5.01. The predicted octanol–water partition coefficient (Wildman–Crippen LogP) is 4.39. The molecule has 2 atom stereocenters. The first kappa shape index (κ1) is 15.7. The van der Waals surface area contributed by atoms with Gasteiger partial charge in [-0.25, -0.2) is 0 Å². The molecule has 1 aromatic rings. The summed E-state index contributed by atoms with van der Waals surface area (Å²) in [5.74, 6) is 0.962. The number of hydrogen-bond donors (Lipinski definition) is 1. The van der Waals surface area contributed by atoms with Crippen LogP contribution in [0, 0.1) is 11.3 Å². The second-order valence-corrected chi connectivity index (χ2v) is 7.68. The van der Waals surface area contributed by atoms with Gasteiger partial charge in [-0.3, -0.25) is 5.32 Å². The third-order valence-corrected chi connectivity index (χ3v) is 4.98. The van der Waals surface area contributed by atoms with E-state index in [9.17, 15) is 5.26 Å². The van der Waals surface area contributed by atoms with Gasteiger partial charge in [-0.05, 0) is 43.9 Å². The highest BCUT2D eigenvalue weighted by Gasteiger charge is 2.33. The van der Waals surface area contributed by atoms with Crippen LogP contribution in [0.3, 0.4) is 0 Å². The van der Waals surface area contributed by atoms with Crippen LogP contribution in [0.5, 0.6) is 0 Å². The Balaban J connectivity index is 1.80. The second kappa shape index (κ2) is 6.85. The molecule has 1 aromatic carbocycles. The van der Waals surface area contributed by atoms with Crippen LogP contribution in [-0.4, -0.2) is 16.8 Å². The summed E-state index contributed by atoms with van der Waals surface area (Å²) in [5, 5.41) is 14.1. The number of thioether (sulfide) groups is 1. The van der Waals surface area contributed by atoms with Gasteiger partial charge in [-0.1, -0.05) is 30.7 Å². The Morgan fingerprint density at radius 2 is 2.10 bits per heavy atom. The zero-order chi connectivity index (χ0) is 14.6. The molecule has 0 radical (unpaired) electrons. The number of nitrogens with zero attached hydrogens (tertiary/aromatic N) is 1. The smallest absolute Gasteiger partial charge is 0.105 e. The summed E-state index contributed by atoms with van der Waals surface area (Å²) < 4.78 is 0. The van der Waals surface area contributed by atoms with Gasteiger partial charge in [0, 0.05) is 22.1 Å². The number of nitrogens with one attached hydrogen (secondary N) is 1. The molecule has 0 saturated heterocycles. The maximum Gasteiger partial charge on any atom is 0.105 e. The summed E-state index contributed by atoms with van der Waals surface area (Å²) in [6.45, 7) is 4.22. The van der Waals surface area contributed by atoms with Crippen molar-refractivity contribution < 1.29 is 0 Å². The molecule has 2 nitrogen and oxygen atoms in total. The van der Waals surface area contributed by atoms with E-state index in [1.807, 2.05) is 30.8 Å². The van der Waals surface area contributed by atoms with Gasteiger partial charge in [0.15, 0.2) is 0 Å². The van der Waals surface area contributed by atoms with Crippen LogP contribution in [0.15, 0.2) is 24.3 Å². The molecule has 1 aliphatic carbocycles. The van der Waals surface area contributed by atoms with Gasteiger partial charge in [0.1, 0.15) is 5.54 Å². The fourth-order valence-corrected chi connectivity index (χ4v) is 3.51. The largest absolute Gasteiger partial charge is 0.297 e. The lowest BCUT2D eigenvalue weighted by atomic mass is 9.98. The van der Waals surface area contributed by atoms with Crippen LogP contribution in [0.25, 0.3) is 0 Å². The van der Waals surface area contributed by atoms with Gasteiger partial charge >= 0.3 is 0 Å². The molecule has 0 aromatic heterocycles. The van der Waals surface area contributed by atoms with Gasteiger partial charge < -0.3 is 0 Å². The van der Waals surface area contributed by atoms with Gasteiger partial charge in [-0.2, -0.15) is 17.0 Å². The van der Waals surface area contributed by atoms with Crippen LogP contribution in [-0.2, 0) is 5.75 Å². The van der Waals surface area contributed by atoms with E-state index in [0.29, 0.717) is 11.3 Å². The summed E-state index contributed by atoms with van der Waals surface area (Å²) in [6, 6.07) is 11.0. The Morgan fingerprint density at radius 3 is 2.65 bits per heavy atom. The minimum Gasteiger partial charge on any atom is -0.297 e. The summed E-state index contributed by atoms with van der Waals surface area (Å²) >= 11 is 7.77. The topological polar surface area (TPSA) is 35.8 Å². The molecule has 1 fully saturated rings. The van der Waals surface area contributed by atoms with Gasteiger partial charge in [0.2, 0.25) is 0 Å². The lowest BCUT2D eigenvalue weighted by Crippen LogP contribution is -2.44. The van der Waals surface area contributed by atoms with E-state index in [1.165, 1.54) is 18.4 Å². The molecule has 0 bridgehead atoms. The highest BCUT2D eigenvalue weighted by atomic mass is 35.5. The Morgan fingerprint density at radius 1 is 1.45 bits per heavy atom. The molecule has 2 rings (SSSR count). The molecular weight excluding hydrogens is 288 g/mol. The van der Waals surface area contributed by atoms with Crippen LogP contribution in [0.4, 0.5) is 0 Å². The molecule has 1 N–H and O–H groups in total. The van der Waals surface area contributed by atoms with E-state index >= 15 is 0 Å². The Labute approximate surface area is 130 Å². The van der Waals surface area contributed by atoms with Gasteiger partial charge in [0.25, 0.3) is 0 Å². The average molecular weight is 309 g/mol. The molecule has 0 heterocycles. The lowest BCUT2D eigenvalue weighted by Gasteiger charge is -2.26. The summed E-state index contributed by atoms with van der Waals surface area (Å²) in [4.78, 5) is 0. The second-order valence-electron chi connectivity index (χ2n) is 5.81. The first-order valence-corrected chi connectivity index (χ1v) is 8.48. The summed E-state index contributed by atoms with van der Waals surface area (Å²) in [7, 11) is 0. The first-order valence-electron chi connectivity index (χ1n) is 7.06. The molecule has 2 unspecified atom stereocenters. The Hall–Kier alpha value is -0.690. The van der Waals surface area contributed by atoms with E-state index < -0.39 is 5.54 Å². The predicted molar refractivity (Wildman–Crippen MR) is 87.0 cm³/mol. The highest BCUT2D eigenvalue weighted by molar-refractivity contribution is 7.99. The van der Waals surface area contributed by atoms with E-state index in [2.05, 4.69) is 30.4 Å².